The first-order valence-corrected chi connectivity index (χ1v) is 8.18. The number of hydrogen-bond acceptors (Lipinski definition) is 4. The quantitative estimate of drug-likeness (QED) is 0.716. The van der Waals surface area contributed by atoms with E-state index in [4.69, 9.17) is 26.8 Å². The second kappa shape index (κ2) is 10.8. The Morgan fingerprint density at radius 2 is 1.84 bits per heavy atom. The van der Waals surface area contributed by atoms with Gasteiger partial charge in [0.05, 0.1) is 12.2 Å². The fourth-order valence-electron chi connectivity index (χ4n) is 2.03. The van der Waals surface area contributed by atoms with E-state index in [0.29, 0.717) is 47.5 Å². The van der Waals surface area contributed by atoms with Gasteiger partial charge in [0.1, 0.15) is 18.1 Å². The van der Waals surface area contributed by atoms with Gasteiger partial charge in [0, 0.05) is 17.3 Å². The Hall–Kier alpha value is -1.95. The summed E-state index contributed by atoms with van der Waals surface area (Å²) in [4.78, 5) is 12.5. The SMILES string of the molecule is CCCOc1ccc(Cl)cc1C(=O)Nc1ccc(OCCN)cc1.Cl. The van der Waals surface area contributed by atoms with Crippen LogP contribution in [0.5, 0.6) is 11.5 Å². The van der Waals surface area contributed by atoms with Gasteiger partial charge in [-0.15, -0.1) is 12.4 Å². The Labute approximate surface area is 158 Å². The van der Waals surface area contributed by atoms with Crippen LogP contribution in [0.4, 0.5) is 5.69 Å². The minimum atomic E-state index is -0.278. The molecule has 0 saturated carbocycles. The molecule has 5 nitrogen and oxygen atoms in total. The molecule has 0 aliphatic carbocycles. The van der Waals surface area contributed by atoms with E-state index in [2.05, 4.69) is 5.32 Å². The second-order valence-corrected chi connectivity index (χ2v) is 5.54. The van der Waals surface area contributed by atoms with Gasteiger partial charge in [0.2, 0.25) is 0 Å². The van der Waals surface area contributed by atoms with E-state index >= 15 is 0 Å². The van der Waals surface area contributed by atoms with Crippen LogP contribution in [0.3, 0.4) is 0 Å². The molecule has 1 amide bonds. The van der Waals surface area contributed by atoms with Gasteiger partial charge in [-0.25, -0.2) is 0 Å². The van der Waals surface area contributed by atoms with Crippen molar-refractivity contribution in [2.75, 3.05) is 25.1 Å². The van der Waals surface area contributed by atoms with Crippen molar-refractivity contribution in [3.63, 3.8) is 0 Å². The highest BCUT2D eigenvalue weighted by Crippen LogP contribution is 2.25. The minimum Gasteiger partial charge on any atom is -0.493 e. The first kappa shape index (κ1) is 21.1. The fourth-order valence-corrected chi connectivity index (χ4v) is 2.20. The molecule has 25 heavy (non-hydrogen) atoms. The summed E-state index contributed by atoms with van der Waals surface area (Å²) in [6.45, 7) is 3.44. The summed E-state index contributed by atoms with van der Waals surface area (Å²) < 4.78 is 11.0. The molecular formula is C18H22Cl2N2O3. The van der Waals surface area contributed by atoms with Gasteiger partial charge in [-0.2, -0.15) is 0 Å². The zero-order chi connectivity index (χ0) is 17.4. The molecule has 0 unspecified atom stereocenters. The van der Waals surface area contributed by atoms with E-state index in [1.54, 1.807) is 42.5 Å². The highest BCUT2D eigenvalue weighted by atomic mass is 35.5. The third-order valence-electron chi connectivity index (χ3n) is 3.15. The van der Waals surface area contributed by atoms with Gasteiger partial charge < -0.3 is 20.5 Å². The molecule has 3 N–H and O–H groups in total. The summed E-state index contributed by atoms with van der Waals surface area (Å²) in [5.41, 5.74) is 6.45. The second-order valence-electron chi connectivity index (χ2n) is 5.10. The highest BCUT2D eigenvalue weighted by Gasteiger charge is 2.14. The van der Waals surface area contributed by atoms with Gasteiger partial charge in [-0.05, 0) is 48.9 Å². The molecule has 0 radical (unpaired) electrons. The van der Waals surface area contributed by atoms with E-state index in [0.717, 1.165) is 6.42 Å². The molecule has 2 aromatic carbocycles. The molecule has 2 rings (SSSR count). The van der Waals surface area contributed by atoms with Crippen molar-refractivity contribution in [1.29, 1.82) is 0 Å². The predicted molar refractivity (Wildman–Crippen MR) is 103 cm³/mol. The lowest BCUT2D eigenvalue weighted by Crippen LogP contribution is -2.14. The van der Waals surface area contributed by atoms with E-state index < -0.39 is 0 Å². The number of rotatable bonds is 8. The summed E-state index contributed by atoms with van der Waals surface area (Å²) >= 11 is 6.00. The van der Waals surface area contributed by atoms with Crippen molar-refractivity contribution < 1.29 is 14.3 Å². The molecule has 0 fully saturated rings. The lowest BCUT2D eigenvalue weighted by Gasteiger charge is -2.12. The van der Waals surface area contributed by atoms with Gasteiger partial charge in [-0.3, -0.25) is 4.79 Å². The highest BCUT2D eigenvalue weighted by molar-refractivity contribution is 6.31. The summed E-state index contributed by atoms with van der Waals surface area (Å²) in [5, 5.41) is 3.31. The Bertz CT molecular complexity index is 679. The van der Waals surface area contributed by atoms with E-state index in [9.17, 15) is 4.79 Å². The number of carbonyl (C=O) groups excluding carboxylic acids is 1. The smallest absolute Gasteiger partial charge is 0.259 e. The van der Waals surface area contributed by atoms with Crippen LogP contribution in [0.2, 0.25) is 5.02 Å². The fraction of sp³-hybridized carbons (Fsp3) is 0.278. The third-order valence-corrected chi connectivity index (χ3v) is 3.38. The maximum atomic E-state index is 12.5. The normalized spacial score (nSPS) is 9.88. The van der Waals surface area contributed by atoms with Crippen LogP contribution in [-0.2, 0) is 0 Å². The van der Waals surface area contributed by atoms with E-state index in [1.165, 1.54) is 0 Å². The predicted octanol–water partition coefficient (Wildman–Crippen LogP) is 4.14. The first-order chi connectivity index (χ1) is 11.6. The Kier molecular flexibility index (Phi) is 9.13. The average Bonchev–Trinajstić information content (AvgIpc) is 2.60. The number of amides is 1. The lowest BCUT2D eigenvalue weighted by molar-refractivity contribution is 0.102. The number of halogens is 2. The van der Waals surface area contributed by atoms with Crippen LogP contribution >= 0.6 is 24.0 Å². The maximum absolute atomic E-state index is 12.5. The average molecular weight is 385 g/mol. The van der Waals surface area contributed by atoms with E-state index in [1.807, 2.05) is 6.92 Å². The molecule has 0 atom stereocenters. The molecule has 0 aromatic heterocycles. The number of nitrogens with one attached hydrogen (secondary N) is 1. The zero-order valence-corrected chi connectivity index (χ0v) is 15.5. The number of ether oxygens (including phenoxy) is 2. The third kappa shape index (κ3) is 6.46. The topological polar surface area (TPSA) is 73.6 Å². The summed E-state index contributed by atoms with van der Waals surface area (Å²) in [6, 6.07) is 12.1. The minimum absolute atomic E-state index is 0. The van der Waals surface area contributed by atoms with Crippen molar-refractivity contribution in [2.24, 2.45) is 5.73 Å². The summed E-state index contributed by atoms with van der Waals surface area (Å²) in [7, 11) is 0. The molecule has 0 heterocycles. The molecule has 2 aromatic rings. The van der Waals surface area contributed by atoms with Crippen LogP contribution in [0.1, 0.15) is 23.7 Å². The van der Waals surface area contributed by atoms with Crippen molar-refractivity contribution in [2.45, 2.75) is 13.3 Å². The Morgan fingerprint density at radius 3 is 2.48 bits per heavy atom. The molecular weight excluding hydrogens is 363 g/mol. The zero-order valence-electron chi connectivity index (χ0n) is 14.0. The largest absolute Gasteiger partial charge is 0.493 e. The summed E-state index contributed by atoms with van der Waals surface area (Å²) in [5.74, 6) is 0.939. The Morgan fingerprint density at radius 1 is 1.12 bits per heavy atom. The standard InChI is InChI=1S/C18H21ClN2O3.ClH/c1-2-10-24-17-8-3-13(19)12-16(17)18(22)21-14-4-6-15(7-5-14)23-11-9-20;/h3-8,12H,2,9-11,20H2,1H3,(H,21,22);1H. The van der Waals surface area contributed by atoms with Crippen molar-refractivity contribution in [3.8, 4) is 11.5 Å². The van der Waals surface area contributed by atoms with Gasteiger partial charge in [-0.1, -0.05) is 18.5 Å². The van der Waals surface area contributed by atoms with Gasteiger partial charge >= 0.3 is 0 Å². The van der Waals surface area contributed by atoms with Crippen LogP contribution in [0, 0.1) is 0 Å². The van der Waals surface area contributed by atoms with E-state index in [-0.39, 0.29) is 18.3 Å². The molecule has 136 valence electrons. The number of nitrogens with two attached hydrogens (primary N) is 1. The van der Waals surface area contributed by atoms with Crippen molar-refractivity contribution in [3.05, 3.63) is 53.1 Å². The molecule has 7 heteroatoms. The monoisotopic (exact) mass is 384 g/mol. The van der Waals surface area contributed by atoms with Crippen LogP contribution in [0.25, 0.3) is 0 Å². The van der Waals surface area contributed by atoms with Crippen molar-refractivity contribution in [1.82, 2.24) is 0 Å². The molecule has 0 bridgehead atoms. The van der Waals surface area contributed by atoms with Crippen LogP contribution in [0.15, 0.2) is 42.5 Å². The Balaban J connectivity index is 0.00000312. The van der Waals surface area contributed by atoms with Gasteiger partial charge in [0.25, 0.3) is 5.91 Å². The molecule has 0 spiro atoms. The maximum Gasteiger partial charge on any atom is 0.259 e. The lowest BCUT2D eigenvalue weighted by atomic mass is 10.1. The van der Waals surface area contributed by atoms with Crippen LogP contribution in [-0.4, -0.2) is 25.7 Å². The number of carbonyl (C=O) groups is 1. The first-order valence-electron chi connectivity index (χ1n) is 7.80. The number of hydrogen-bond donors (Lipinski definition) is 2. The van der Waals surface area contributed by atoms with Crippen molar-refractivity contribution >= 4 is 35.6 Å². The molecule has 0 saturated heterocycles. The molecule has 0 aliphatic rings. The molecule has 0 aliphatic heterocycles. The van der Waals surface area contributed by atoms with Crippen LogP contribution < -0.4 is 20.5 Å². The van der Waals surface area contributed by atoms with Gasteiger partial charge in [0.15, 0.2) is 0 Å². The number of benzene rings is 2. The number of anilines is 1. The summed E-state index contributed by atoms with van der Waals surface area (Å²) in [6.07, 6.45) is 0.855.